The maximum atomic E-state index is 13.3. The van der Waals surface area contributed by atoms with Crippen LogP contribution in [0, 0.1) is 19.7 Å². The minimum absolute atomic E-state index is 0.0208. The summed E-state index contributed by atoms with van der Waals surface area (Å²) in [7, 11) is -3.91. The van der Waals surface area contributed by atoms with Crippen LogP contribution in [0.25, 0.3) is 0 Å². The Kier molecular flexibility index (Phi) is 4.70. The number of hydrogen-bond acceptors (Lipinski definition) is 3. The van der Waals surface area contributed by atoms with Crippen molar-refractivity contribution in [1.29, 1.82) is 0 Å². The van der Waals surface area contributed by atoms with Crippen LogP contribution in [0.15, 0.2) is 41.3 Å². The van der Waals surface area contributed by atoms with Gasteiger partial charge in [0.2, 0.25) is 5.91 Å². The van der Waals surface area contributed by atoms with Gasteiger partial charge in [-0.3, -0.25) is 9.52 Å². The molecule has 0 unspecified atom stereocenters. The maximum absolute atomic E-state index is 13.3. The SMILES string of the molecule is CC(=O)Nc1ccc(C)c(S(=O)(=O)Nc2cc(F)ccc2C)c1. The largest absolute Gasteiger partial charge is 0.326 e. The molecule has 2 rings (SSSR count). The summed E-state index contributed by atoms with van der Waals surface area (Å²) in [6, 6.07) is 8.46. The quantitative estimate of drug-likeness (QED) is 0.900. The second-order valence-corrected chi connectivity index (χ2v) is 6.88. The van der Waals surface area contributed by atoms with Gasteiger partial charge in [0.25, 0.3) is 10.0 Å². The lowest BCUT2D eigenvalue weighted by molar-refractivity contribution is -0.114. The van der Waals surface area contributed by atoms with E-state index in [-0.39, 0.29) is 16.5 Å². The second-order valence-electron chi connectivity index (χ2n) is 5.23. The molecule has 7 heteroatoms. The molecule has 2 aromatic carbocycles. The highest BCUT2D eigenvalue weighted by Gasteiger charge is 2.19. The van der Waals surface area contributed by atoms with Crippen LogP contribution in [-0.2, 0) is 14.8 Å². The van der Waals surface area contributed by atoms with Gasteiger partial charge >= 0.3 is 0 Å². The van der Waals surface area contributed by atoms with Crippen LogP contribution in [0.1, 0.15) is 18.1 Å². The van der Waals surface area contributed by atoms with E-state index < -0.39 is 15.8 Å². The first kappa shape index (κ1) is 17.0. The summed E-state index contributed by atoms with van der Waals surface area (Å²) in [5.74, 6) is -0.830. The molecule has 0 atom stereocenters. The average molecular weight is 336 g/mol. The van der Waals surface area contributed by atoms with Crippen LogP contribution in [-0.4, -0.2) is 14.3 Å². The number of amides is 1. The van der Waals surface area contributed by atoms with E-state index in [2.05, 4.69) is 10.0 Å². The molecule has 0 saturated heterocycles. The zero-order chi connectivity index (χ0) is 17.2. The summed E-state index contributed by atoms with van der Waals surface area (Å²) in [5.41, 5.74) is 1.67. The van der Waals surface area contributed by atoms with Crippen LogP contribution in [0.5, 0.6) is 0 Å². The number of sulfonamides is 1. The summed E-state index contributed by atoms with van der Waals surface area (Å²) >= 11 is 0. The van der Waals surface area contributed by atoms with Crippen molar-refractivity contribution in [3.63, 3.8) is 0 Å². The van der Waals surface area contributed by atoms with Crippen molar-refractivity contribution in [1.82, 2.24) is 0 Å². The second kappa shape index (κ2) is 6.37. The minimum Gasteiger partial charge on any atom is -0.326 e. The third-order valence-electron chi connectivity index (χ3n) is 3.24. The number of carbonyl (C=O) groups excluding carboxylic acids is 1. The Hall–Kier alpha value is -2.41. The number of carbonyl (C=O) groups is 1. The van der Waals surface area contributed by atoms with Crippen LogP contribution in [0.3, 0.4) is 0 Å². The Morgan fingerprint density at radius 3 is 2.35 bits per heavy atom. The number of halogens is 1. The third kappa shape index (κ3) is 4.07. The molecule has 1 amide bonds. The number of anilines is 2. The average Bonchev–Trinajstić information content (AvgIpc) is 2.44. The zero-order valence-electron chi connectivity index (χ0n) is 13.0. The molecule has 0 fully saturated rings. The number of aryl methyl sites for hydroxylation is 2. The summed E-state index contributed by atoms with van der Waals surface area (Å²) < 4.78 is 40.9. The lowest BCUT2D eigenvalue weighted by Gasteiger charge is -2.13. The van der Waals surface area contributed by atoms with Gasteiger partial charge in [-0.1, -0.05) is 12.1 Å². The fourth-order valence-electron chi connectivity index (χ4n) is 2.07. The smallest absolute Gasteiger partial charge is 0.262 e. The highest BCUT2D eigenvalue weighted by Crippen LogP contribution is 2.25. The van der Waals surface area contributed by atoms with Gasteiger partial charge in [0.05, 0.1) is 10.6 Å². The zero-order valence-corrected chi connectivity index (χ0v) is 13.8. The van der Waals surface area contributed by atoms with E-state index in [1.807, 2.05) is 0 Å². The lowest BCUT2D eigenvalue weighted by Crippen LogP contribution is -2.16. The van der Waals surface area contributed by atoms with Crippen molar-refractivity contribution >= 4 is 27.3 Å². The van der Waals surface area contributed by atoms with Crippen LogP contribution < -0.4 is 10.0 Å². The molecular formula is C16H17FN2O3S. The Labute approximate surface area is 134 Å². The molecule has 2 N–H and O–H groups in total. The van der Waals surface area contributed by atoms with Crippen LogP contribution >= 0.6 is 0 Å². The molecule has 0 radical (unpaired) electrons. The van der Waals surface area contributed by atoms with Gasteiger partial charge in [0, 0.05) is 12.6 Å². The van der Waals surface area contributed by atoms with Gasteiger partial charge in [-0.2, -0.15) is 0 Å². The van der Waals surface area contributed by atoms with Crippen molar-refractivity contribution in [3.8, 4) is 0 Å². The summed E-state index contributed by atoms with van der Waals surface area (Å²) in [6.45, 7) is 4.66. The maximum Gasteiger partial charge on any atom is 0.262 e. The number of nitrogens with one attached hydrogen (secondary N) is 2. The molecular weight excluding hydrogens is 319 g/mol. The first-order valence-corrected chi connectivity index (χ1v) is 8.34. The Morgan fingerprint density at radius 1 is 1.04 bits per heavy atom. The fraction of sp³-hybridized carbons (Fsp3) is 0.188. The highest BCUT2D eigenvalue weighted by atomic mass is 32.2. The molecule has 0 heterocycles. The Balaban J connectivity index is 2.43. The van der Waals surface area contributed by atoms with Crippen molar-refractivity contribution in [2.24, 2.45) is 0 Å². The molecule has 0 spiro atoms. The molecule has 0 aliphatic carbocycles. The number of rotatable bonds is 4. The monoisotopic (exact) mass is 336 g/mol. The predicted octanol–water partition coefficient (Wildman–Crippen LogP) is 3.20. The molecule has 0 bridgehead atoms. The van der Waals surface area contributed by atoms with Crippen LogP contribution in [0.4, 0.5) is 15.8 Å². The molecule has 5 nitrogen and oxygen atoms in total. The summed E-state index contributed by atoms with van der Waals surface area (Å²) in [5, 5.41) is 2.54. The predicted molar refractivity (Wildman–Crippen MR) is 87.4 cm³/mol. The van der Waals surface area contributed by atoms with Gasteiger partial charge in [-0.15, -0.1) is 0 Å². The highest BCUT2D eigenvalue weighted by molar-refractivity contribution is 7.92. The van der Waals surface area contributed by atoms with Gasteiger partial charge in [-0.05, 0) is 49.2 Å². The number of hydrogen-bond donors (Lipinski definition) is 2. The van der Waals surface area contributed by atoms with E-state index in [0.717, 1.165) is 6.07 Å². The molecule has 2 aromatic rings. The summed E-state index contributed by atoms with van der Waals surface area (Å²) in [4.78, 5) is 11.1. The van der Waals surface area contributed by atoms with E-state index in [9.17, 15) is 17.6 Å². The minimum atomic E-state index is -3.91. The molecule has 0 saturated carbocycles. The first-order valence-electron chi connectivity index (χ1n) is 6.86. The van der Waals surface area contributed by atoms with Gasteiger partial charge in [0.15, 0.2) is 0 Å². The fourth-order valence-corrected chi connectivity index (χ4v) is 3.47. The molecule has 122 valence electrons. The topological polar surface area (TPSA) is 75.3 Å². The van der Waals surface area contributed by atoms with Gasteiger partial charge in [-0.25, -0.2) is 12.8 Å². The van der Waals surface area contributed by atoms with E-state index in [1.54, 1.807) is 26.0 Å². The van der Waals surface area contributed by atoms with E-state index in [0.29, 0.717) is 16.8 Å². The van der Waals surface area contributed by atoms with Crippen LogP contribution in [0.2, 0.25) is 0 Å². The van der Waals surface area contributed by atoms with Gasteiger partial charge < -0.3 is 5.32 Å². The first-order chi connectivity index (χ1) is 10.7. The summed E-state index contributed by atoms with van der Waals surface area (Å²) in [6.07, 6.45) is 0. The van der Waals surface area contributed by atoms with Crippen molar-refractivity contribution in [2.45, 2.75) is 25.7 Å². The third-order valence-corrected chi connectivity index (χ3v) is 4.75. The lowest BCUT2D eigenvalue weighted by atomic mass is 10.2. The van der Waals surface area contributed by atoms with E-state index >= 15 is 0 Å². The molecule has 0 aliphatic heterocycles. The Morgan fingerprint density at radius 2 is 1.70 bits per heavy atom. The number of benzene rings is 2. The Bertz CT molecular complexity index is 864. The standard InChI is InChI=1S/C16H17FN2O3S/c1-10-4-6-13(17)8-15(10)19-23(21,22)16-9-14(18-12(3)20)7-5-11(16)2/h4-9,19H,1-3H3,(H,18,20). The van der Waals surface area contributed by atoms with Gasteiger partial charge in [0.1, 0.15) is 5.82 Å². The molecule has 23 heavy (non-hydrogen) atoms. The molecule has 0 aromatic heterocycles. The van der Waals surface area contributed by atoms with E-state index in [1.165, 1.54) is 25.1 Å². The molecule has 0 aliphatic rings. The van der Waals surface area contributed by atoms with Crippen molar-refractivity contribution < 1.29 is 17.6 Å². The normalized spacial score (nSPS) is 11.1. The van der Waals surface area contributed by atoms with Crippen molar-refractivity contribution in [2.75, 3.05) is 10.0 Å². The van der Waals surface area contributed by atoms with E-state index in [4.69, 9.17) is 0 Å². The van der Waals surface area contributed by atoms with Crippen molar-refractivity contribution in [3.05, 3.63) is 53.3 Å².